The summed E-state index contributed by atoms with van der Waals surface area (Å²) in [4.78, 5) is 25.7. The number of carbonyl (C=O) groups excluding carboxylic acids is 2. The van der Waals surface area contributed by atoms with Gasteiger partial charge in [0, 0.05) is 26.1 Å². The summed E-state index contributed by atoms with van der Waals surface area (Å²) in [5, 5.41) is 6.32. The number of nitrogens with zero attached hydrogens (tertiary/aromatic N) is 2. The summed E-state index contributed by atoms with van der Waals surface area (Å²) in [7, 11) is 1.54. The van der Waals surface area contributed by atoms with E-state index in [1.165, 1.54) is 0 Å². The van der Waals surface area contributed by atoms with Gasteiger partial charge in [-0.3, -0.25) is 9.59 Å². The normalized spacial score (nSPS) is 22.6. The second kappa shape index (κ2) is 5.62. The fourth-order valence-electron chi connectivity index (χ4n) is 2.19. The average molecular weight is 281 g/mol. The van der Waals surface area contributed by atoms with Gasteiger partial charge in [0.05, 0.1) is 13.2 Å². The first-order valence-corrected chi connectivity index (χ1v) is 6.61. The van der Waals surface area contributed by atoms with Crippen LogP contribution >= 0.6 is 0 Å². The van der Waals surface area contributed by atoms with Gasteiger partial charge in [-0.2, -0.15) is 0 Å². The third-order valence-corrected chi connectivity index (χ3v) is 3.40. The SMILES string of the molecule is CCc1cc(C(=O)N2CCO[C@@](C)(C(=O)NC)C2)no1. The number of morpholine rings is 1. The largest absolute Gasteiger partial charge is 0.362 e. The molecule has 0 radical (unpaired) electrons. The summed E-state index contributed by atoms with van der Waals surface area (Å²) >= 11 is 0. The van der Waals surface area contributed by atoms with Crippen molar-refractivity contribution in [2.45, 2.75) is 25.9 Å². The first kappa shape index (κ1) is 14.5. The molecule has 0 saturated carbocycles. The molecule has 1 N–H and O–H groups in total. The first-order valence-electron chi connectivity index (χ1n) is 6.61. The van der Waals surface area contributed by atoms with E-state index in [4.69, 9.17) is 9.26 Å². The van der Waals surface area contributed by atoms with Gasteiger partial charge in [-0.1, -0.05) is 12.1 Å². The van der Waals surface area contributed by atoms with Crippen LogP contribution in [0.1, 0.15) is 30.1 Å². The Morgan fingerprint density at radius 1 is 1.55 bits per heavy atom. The molecule has 2 rings (SSSR count). The van der Waals surface area contributed by atoms with Gasteiger partial charge >= 0.3 is 0 Å². The molecule has 0 bridgehead atoms. The zero-order valence-corrected chi connectivity index (χ0v) is 11.9. The van der Waals surface area contributed by atoms with Gasteiger partial charge in [0.2, 0.25) is 0 Å². The average Bonchev–Trinajstić information content (AvgIpc) is 2.94. The minimum Gasteiger partial charge on any atom is -0.362 e. The van der Waals surface area contributed by atoms with Gasteiger partial charge in [-0.15, -0.1) is 0 Å². The Bertz CT molecular complexity index is 513. The van der Waals surface area contributed by atoms with Gasteiger partial charge in [-0.25, -0.2) is 0 Å². The Morgan fingerprint density at radius 2 is 2.30 bits per heavy atom. The second-order valence-electron chi connectivity index (χ2n) is 4.92. The molecule has 1 fully saturated rings. The van der Waals surface area contributed by atoms with E-state index in [1.807, 2.05) is 6.92 Å². The lowest BCUT2D eigenvalue weighted by molar-refractivity contribution is -0.153. The van der Waals surface area contributed by atoms with Gasteiger partial charge in [0.15, 0.2) is 11.3 Å². The Hall–Kier alpha value is -1.89. The molecular weight excluding hydrogens is 262 g/mol. The lowest BCUT2D eigenvalue weighted by Crippen LogP contribution is -2.58. The molecule has 2 heterocycles. The maximum absolute atomic E-state index is 12.3. The zero-order chi connectivity index (χ0) is 14.8. The summed E-state index contributed by atoms with van der Waals surface area (Å²) in [5.41, 5.74) is -0.761. The summed E-state index contributed by atoms with van der Waals surface area (Å²) in [6.45, 7) is 4.53. The van der Waals surface area contributed by atoms with Crippen molar-refractivity contribution in [2.75, 3.05) is 26.7 Å². The molecule has 0 spiro atoms. The van der Waals surface area contributed by atoms with Crippen LogP contribution in [-0.2, 0) is 16.0 Å². The highest BCUT2D eigenvalue weighted by Gasteiger charge is 2.40. The number of nitrogens with one attached hydrogen (secondary N) is 1. The molecule has 7 nitrogen and oxygen atoms in total. The van der Waals surface area contributed by atoms with E-state index in [0.29, 0.717) is 25.3 Å². The lowest BCUT2D eigenvalue weighted by Gasteiger charge is -2.38. The summed E-state index contributed by atoms with van der Waals surface area (Å²) in [6, 6.07) is 1.63. The molecule has 1 aliphatic heterocycles. The Kier molecular flexibility index (Phi) is 4.08. The first-order chi connectivity index (χ1) is 9.50. The molecule has 20 heavy (non-hydrogen) atoms. The van der Waals surface area contributed by atoms with Crippen LogP contribution in [0.25, 0.3) is 0 Å². The van der Waals surface area contributed by atoms with Crippen LogP contribution in [0, 0.1) is 0 Å². The predicted octanol–water partition coefficient (Wildman–Crippen LogP) is 0.214. The monoisotopic (exact) mass is 281 g/mol. The quantitative estimate of drug-likeness (QED) is 0.856. The van der Waals surface area contributed by atoms with Crippen molar-refractivity contribution in [3.63, 3.8) is 0 Å². The van der Waals surface area contributed by atoms with Crippen molar-refractivity contribution in [3.8, 4) is 0 Å². The van der Waals surface area contributed by atoms with Crippen LogP contribution in [0.2, 0.25) is 0 Å². The third kappa shape index (κ3) is 2.67. The fourth-order valence-corrected chi connectivity index (χ4v) is 2.19. The van der Waals surface area contributed by atoms with E-state index in [2.05, 4.69) is 10.5 Å². The summed E-state index contributed by atoms with van der Waals surface area (Å²) < 4.78 is 10.5. The van der Waals surface area contributed by atoms with Crippen LogP contribution < -0.4 is 5.32 Å². The van der Waals surface area contributed by atoms with Crippen LogP contribution in [0.3, 0.4) is 0 Å². The van der Waals surface area contributed by atoms with Crippen LogP contribution in [0.4, 0.5) is 0 Å². The van der Waals surface area contributed by atoms with Gasteiger partial charge in [-0.05, 0) is 6.92 Å². The van der Waals surface area contributed by atoms with Crippen molar-refractivity contribution in [3.05, 3.63) is 17.5 Å². The molecule has 1 saturated heterocycles. The van der Waals surface area contributed by atoms with Crippen molar-refractivity contribution in [1.29, 1.82) is 0 Å². The number of carbonyl (C=O) groups is 2. The standard InChI is InChI=1S/C13H19N3O4/c1-4-9-7-10(15-20-9)11(17)16-5-6-19-13(2,8-16)12(18)14-3/h7H,4-6,8H2,1-3H3,(H,14,18)/t13-/m1/s1. The van der Waals surface area contributed by atoms with E-state index >= 15 is 0 Å². The van der Waals surface area contributed by atoms with Crippen molar-refractivity contribution >= 4 is 11.8 Å². The highest BCUT2D eigenvalue weighted by atomic mass is 16.5. The number of likely N-dealkylation sites (N-methyl/N-ethyl adjacent to an activating group) is 1. The number of hydrogen-bond donors (Lipinski definition) is 1. The van der Waals surface area contributed by atoms with Crippen LogP contribution in [0.5, 0.6) is 0 Å². The Balaban J connectivity index is 2.12. The molecular formula is C13H19N3O4. The maximum atomic E-state index is 12.3. The van der Waals surface area contributed by atoms with E-state index in [1.54, 1.807) is 24.9 Å². The van der Waals surface area contributed by atoms with Crippen LogP contribution in [0.15, 0.2) is 10.6 Å². The smallest absolute Gasteiger partial charge is 0.276 e. The number of amides is 2. The molecule has 2 amide bonds. The fraction of sp³-hybridized carbons (Fsp3) is 0.615. The van der Waals surface area contributed by atoms with Crippen molar-refractivity contribution in [1.82, 2.24) is 15.4 Å². The number of hydrogen-bond acceptors (Lipinski definition) is 5. The zero-order valence-electron chi connectivity index (χ0n) is 11.9. The Labute approximate surface area is 117 Å². The number of rotatable bonds is 3. The molecule has 1 aliphatic rings. The summed E-state index contributed by atoms with van der Waals surface area (Å²) in [6.07, 6.45) is 0.680. The van der Waals surface area contributed by atoms with Crippen molar-refractivity contribution < 1.29 is 18.8 Å². The number of aromatic nitrogens is 1. The lowest BCUT2D eigenvalue weighted by atomic mass is 10.0. The minimum atomic E-state index is -1.03. The number of aryl methyl sites for hydroxylation is 1. The summed E-state index contributed by atoms with van der Waals surface area (Å²) in [5.74, 6) is 0.173. The molecule has 0 aliphatic carbocycles. The minimum absolute atomic E-state index is 0.194. The maximum Gasteiger partial charge on any atom is 0.276 e. The van der Waals surface area contributed by atoms with Crippen molar-refractivity contribution in [2.24, 2.45) is 0 Å². The third-order valence-electron chi connectivity index (χ3n) is 3.40. The molecule has 1 aromatic heterocycles. The predicted molar refractivity (Wildman–Crippen MR) is 70.2 cm³/mol. The highest BCUT2D eigenvalue weighted by molar-refractivity contribution is 5.93. The van der Waals surface area contributed by atoms with Gasteiger partial charge in [0.25, 0.3) is 11.8 Å². The van der Waals surface area contributed by atoms with E-state index in [-0.39, 0.29) is 24.1 Å². The molecule has 110 valence electrons. The molecule has 7 heteroatoms. The molecule has 1 atom stereocenters. The van der Waals surface area contributed by atoms with Gasteiger partial charge < -0.3 is 19.5 Å². The molecule has 0 aromatic carbocycles. The highest BCUT2D eigenvalue weighted by Crippen LogP contribution is 2.19. The van der Waals surface area contributed by atoms with Crippen LogP contribution in [-0.4, -0.2) is 54.2 Å². The van der Waals surface area contributed by atoms with E-state index in [0.717, 1.165) is 0 Å². The molecule has 1 aromatic rings. The molecule has 0 unspecified atom stereocenters. The van der Waals surface area contributed by atoms with E-state index in [9.17, 15) is 9.59 Å². The van der Waals surface area contributed by atoms with Gasteiger partial charge in [0.1, 0.15) is 5.76 Å². The Morgan fingerprint density at radius 3 is 2.90 bits per heavy atom. The topological polar surface area (TPSA) is 84.7 Å². The second-order valence-corrected chi connectivity index (χ2v) is 4.92. The number of ether oxygens (including phenoxy) is 1. The van der Waals surface area contributed by atoms with E-state index < -0.39 is 5.60 Å².